The summed E-state index contributed by atoms with van der Waals surface area (Å²) in [5, 5.41) is 8.02. The van der Waals surface area contributed by atoms with E-state index in [2.05, 4.69) is 4.65 Å². The summed E-state index contributed by atoms with van der Waals surface area (Å²) < 4.78 is 25.6. The molecule has 0 rings (SSSR count). The SMILES string of the molecule is OB(CF)OCF. The number of halogens is 2. The Balaban J connectivity index is 2.83. The molecule has 5 heteroatoms. The Morgan fingerprint density at radius 3 is 2.29 bits per heavy atom. The van der Waals surface area contributed by atoms with Gasteiger partial charge in [-0.15, -0.1) is 0 Å². The zero-order valence-electron chi connectivity index (χ0n) is 3.60. The maximum atomic E-state index is 11.0. The van der Waals surface area contributed by atoms with Crippen LogP contribution in [0.25, 0.3) is 0 Å². The Morgan fingerprint density at radius 2 is 2.14 bits per heavy atom. The number of hydrogen-bond acceptors (Lipinski definition) is 2. The average molecular weight is 110 g/mol. The molecule has 0 amide bonds. The molecule has 7 heavy (non-hydrogen) atoms. The predicted molar refractivity (Wildman–Crippen MR) is 21.0 cm³/mol. The third-order valence-electron chi connectivity index (χ3n) is 0.387. The Morgan fingerprint density at radius 1 is 1.57 bits per heavy atom. The van der Waals surface area contributed by atoms with Gasteiger partial charge in [-0.25, -0.2) is 4.39 Å². The van der Waals surface area contributed by atoms with Gasteiger partial charge >= 0.3 is 7.12 Å². The largest absolute Gasteiger partial charge is 0.489 e. The lowest BCUT2D eigenvalue weighted by Gasteiger charge is -1.94. The number of rotatable bonds is 3. The van der Waals surface area contributed by atoms with Gasteiger partial charge in [0.1, 0.15) is 6.57 Å². The molecule has 0 spiro atoms. The van der Waals surface area contributed by atoms with Crippen molar-refractivity contribution in [1.82, 2.24) is 0 Å². The van der Waals surface area contributed by atoms with Crippen molar-refractivity contribution in [3.63, 3.8) is 0 Å². The van der Waals surface area contributed by atoms with Crippen molar-refractivity contribution in [2.75, 3.05) is 13.4 Å². The Kier molecular flexibility index (Phi) is 3.93. The fourth-order valence-electron chi connectivity index (χ4n) is 0.117. The highest BCUT2D eigenvalue weighted by Crippen LogP contribution is 1.80. The van der Waals surface area contributed by atoms with Crippen LogP contribution in [-0.4, -0.2) is 25.6 Å². The molecule has 0 saturated carbocycles. The van der Waals surface area contributed by atoms with Gasteiger partial charge in [0.15, 0.2) is 6.86 Å². The minimum absolute atomic E-state index is 1.07. The Hall–Kier alpha value is -0.155. The molecule has 0 aliphatic heterocycles. The second-order valence-corrected chi connectivity index (χ2v) is 0.885. The summed E-state index contributed by atoms with van der Waals surface area (Å²) >= 11 is 0. The first kappa shape index (κ1) is 6.84. The Bertz CT molecular complexity index is 44.7. The summed E-state index contributed by atoms with van der Waals surface area (Å²) in [5.41, 5.74) is 0. The van der Waals surface area contributed by atoms with E-state index in [0.717, 1.165) is 0 Å². The van der Waals surface area contributed by atoms with E-state index in [1.165, 1.54) is 0 Å². The molecule has 0 aliphatic rings. The average Bonchev–Trinajstić information content (AvgIpc) is 1.68. The molecule has 1 N–H and O–H groups in total. The first-order valence-corrected chi connectivity index (χ1v) is 1.73. The van der Waals surface area contributed by atoms with Crippen molar-refractivity contribution >= 4 is 7.12 Å². The second kappa shape index (κ2) is 4.02. The van der Waals surface area contributed by atoms with E-state index in [4.69, 9.17) is 5.02 Å². The monoisotopic (exact) mass is 110 g/mol. The topological polar surface area (TPSA) is 29.5 Å². The van der Waals surface area contributed by atoms with Crippen LogP contribution in [0.3, 0.4) is 0 Å². The van der Waals surface area contributed by atoms with E-state index < -0.39 is 20.6 Å². The molecule has 2 nitrogen and oxygen atoms in total. The molecular weight excluding hydrogens is 105 g/mol. The van der Waals surface area contributed by atoms with Crippen LogP contribution in [0, 0.1) is 0 Å². The molecule has 0 radical (unpaired) electrons. The molecule has 0 atom stereocenters. The third-order valence-corrected chi connectivity index (χ3v) is 0.387. The maximum absolute atomic E-state index is 11.0. The van der Waals surface area contributed by atoms with Crippen LogP contribution in [0.15, 0.2) is 0 Å². The van der Waals surface area contributed by atoms with Gasteiger partial charge in [0, 0.05) is 0 Å². The van der Waals surface area contributed by atoms with Crippen molar-refractivity contribution < 1.29 is 18.5 Å². The fourth-order valence-corrected chi connectivity index (χ4v) is 0.117. The van der Waals surface area contributed by atoms with E-state index in [1.54, 1.807) is 0 Å². The van der Waals surface area contributed by atoms with Crippen molar-refractivity contribution in [2.24, 2.45) is 0 Å². The molecule has 0 aromatic rings. The first-order chi connectivity index (χ1) is 3.31. The van der Waals surface area contributed by atoms with Crippen molar-refractivity contribution in [1.29, 1.82) is 0 Å². The van der Waals surface area contributed by atoms with Crippen LogP contribution in [-0.2, 0) is 4.65 Å². The number of hydrogen-bond donors (Lipinski definition) is 1. The van der Waals surface area contributed by atoms with Crippen LogP contribution in [0.4, 0.5) is 8.78 Å². The summed E-state index contributed by atoms with van der Waals surface area (Å²) in [5.74, 6) is 0. The highest BCUT2D eigenvalue weighted by molar-refractivity contribution is 6.42. The highest BCUT2D eigenvalue weighted by Gasteiger charge is 2.09. The van der Waals surface area contributed by atoms with E-state index >= 15 is 0 Å². The smallest absolute Gasteiger partial charge is 0.425 e. The molecule has 42 valence electrons. The molecule has 0 bridgehead atoms. The number of alkyl halides is 2. The first-order valence-electron chi connectivity index (χ1n) is 1.73. The van der Waals surface area contributed by atoms with Gasteiger partial charge in [0.25, 0.3) is 0 Å². The zero-order valence-corrected chi connectivity index (χ0v) is 3.60. The second-order valence-electron chi connectivity index (χ2n) is 0.885. The van der Waals surface area contributed by atoms with Gasteiger partial charge in [-0.1, -0.05) is 0 Å². The van der Waals surface area contributed by atoms with Crippen molar-refractivity contribution in [3.8, 4) is 0 Å². The van der Waals surface area contributed by atoms with Gasteiger partial charge < -0.3 is 9.68 Å². The van der Waals surface area contributed by atoms with E-state index in [-0.39, 0.29) is 0 Å². The lowest BCUT2D eigenvalue weighted by Crippen LogP contribution is -2.19. The fraction of sp³-hybridized carbons (Fsp3) is 1.00. The van der Waals surface area contributed by atoms with Gasteiger partial charge in [-0.05, 0) is 0 Å². The van der Waals surface area contributed by atoms with Crippen LogP contribution < -0.4 is 0 Å². The maximum Gasteiger partial charge on any atom is 0.489 e. The van der Waals surface area contributed by atoms with Crippen LogP contribution in [0.1, 0.15) is 0 Å². The normalized spacial score (nSPS) is 9.00. The minimum Gasteiger partial charge on any atom is -0.425 e. The summed E-state index contributed by atoms with van der Waals surface area (Å²) in [4.78, 5) is 0. The van der Waals surface area contributed by atoms with Crippen LogP contribution in [0.2, 0.25) is 0 Å². The van der Waals surface area contributed by atoms with Gasteiger partial charge in [0.2, 0.25) is 0 Å². The van der Waals surface area contributed by atoms with E-state index in [9.17, 15) is 8.78 Å². The van der Waals surface area contributed by atoms with E-state index in [0.29, 0.717) is 0 Å². The summed E-state index contributed by atoms with van der Waals surface area (Å²) in [7, 11) is -1.59. The third kappa shape index (κ3) is 3.68. The minimum atomic E-state index is -1.59. The lowest BCUT2D eigenvalue weighted by atomic mass is 9.95. The van der Waals surface area contributed by atoms with Crippen molar-refractivity contribution in [3.05, 3.63) is 0 Å². The molecule has 0 unspecified atom stereocenters. The molecule has 0 aromatic carbocycles. The van der Waals surface area contributed by atoms with Gasteiger partial charge in [-0.2, -0.15) is 0 Å². The quantitative estimate of drug-likeness (QED) is 0.514. The molecule has 0 aromatic heterocycles. The lowest BCUT2D eigenvalue weighted by molar-refractivity contribution is 0.154. The Labute approximate surface area is 40.2 Å². The summed E-state index contributed by atoms with van der Waals surface area (Å²) in [6, 6.07) is 0. The molecule has 0 fully saturated rings. The van der Waals surface area contributed by atoms with Gasteiger partial charge in [0.05, 0.1) is 0 Å². The standard InChI is InChI=1S/C2H5BF2O2/c4-1-3(6)7-2-5/h6H,1-2H2. The van der Waals surface area contributed by atoms with E-state index in [1.807, 2.05) is 0 Å². The molecule has 0 aliphatic carbocycles. The molecule has 0 heterocycles. The summed E-state index contributed by atoms with van der Waals surface area (Å²) in [6.45, 7) is -2.21. The van der Waals surface area contributed by atoms with Crippen LogP contribution >= 0.6 is 0 Å². The van der Waals surface area contributed by atoms with Crippen molar-refractivity contribution in [2.45, 2.75) is 0 Å². The zero-order chi connectivity index (χ0) is 5.70. The molecular formula is C2H5BF2O2. The molecule has 0 saturated heterocycles. The van der Waals surface area contributed by atoms with Crippen LogP contribution in [0.5, 0.6) is 0 Å². The van der Waals surface area contributed by atoms with Gasteiger partial charge in [-0.3, -0.25) is 4.39 Å². The predicted octanol–water partition coefficient (Wildman–Crippen LogP) is -0.0808. The summed E-state index contributed by atoms with van der Waals surface area (Å²) in [6.07, 6.45) is 0. The highest BCUT2D eigenvalue weighted by atomic mass is 19.1.